The Morgan fingerprint density at radius 3 is 2.71 bits per heavy atom. The van der Waals surface area contributed by atoms with E-state index >= 15 is 0 Å². The minimum Gasteiger partial charge on any atom is -0.508 e. The molecule has 0 spiro atoms. The monoisotopic (exact) mass is 224 g/mol. The molecule has 0 aliphatic heterocycles. The number of aryl methyl sites for hydroxylation is 2. The van der Waals surface area contributed by atoms with E-state index in [1.165, 1.54) is 16.7 Å². The molecule has 17 heavy (non-hydrogen) atoms. The molecule has 1 nitrogen and oxygen atoms in total. The Kier molecular flexibility index (Phi) is 2.40. The van der Waals surface area contributed by atoms with Crippen LogP contribution in [0.1, 0.15) is 34.6 Å². The van der Waals surface area contributed by atoms with Crippen LogP contribution in [-0.4, -0.2) is 5.11 Å². The van der Waals surface area contributed by atoms with Gasteiger partial charge < -0.3 is 5.11 Å². The van der Waals surface area contributed by atoms with Crippen molar-refractivity contribution >= 4 is 0 Å². The van der Waals surface area contributed by atoms with E-state index in [1.54, 1.807) is 6.07 Å². The largest absolute Gasteiger partial charge is 0.508 e. The molecule has 0 heterocycles. The summed E-state index contributed by atoms with van der Waals surface area (Å²) in [4.78, 5) is 0. The SMILES string of the molecule is Cc1ccc2c(c1)C(c1ccccc1O)CC2. The van der Waals surface area contributed by atoms with E-state index in [4.69, 9.17) is 0 Å². The maximum atomic E-state index is 9.97. The number of rotatable bonds is 1. The van der Waals surface area contributed by atoms with E-state index < -0.39 is 0 Å². The third-order valence-electron chi connectivity index (χ3n) is 3.69. The molecule has 2 aromatic rings. The number of para-hydroxylation sites is 1. The zero-order valence-corrected chi connectivity index (χ0v) is 9.98. The molecule has 1 N–H and O–H groups in total. The average molecular weight is 224 g/mol. The van der Waals surface area contributed by atoms with Gasteiger partial charge in [0.05, 0.1) is 0 Å². The standard InChI is InChI=1S/C16H16O/c1-11-6-7-12-8-9-13(15(12)10-11)14-4-2-3-5-16(14)17/h2-7,10,13,17H,8-9H2,1H3. The molecule has 1 aliphatic rings. The van der Waals surface area contributed by atoms with Crippen molar-refractivity contribution in [1.29, 1.82) is 0 Å². The fourth-order valence-electron chi connectivity index (χ4n) is 2.83. The van der Waals surface area contributed by atoms with Gasteiger partial charge in [-0.15, -0.1) is 0 Å². The zero-order chi connectivity index (χ0) is 11.8. The lowest BCUT2D eigenvalue weighted by Crippen LogP contribution is -1.96. The maximum Gasteiger partial charge on any atom is 0.119 e. The predicted molar refractivity (Wildman–Crippen MR) is 69.4 cm³/mol. The van der Waals surface area contributed by atoms with Gasteiger partial charge in [0.2, 0.25) is 0 Å². The lowest BCUT2D eigenvalue weighted by Gasteiger charge is -2.14. The first kappa shape index (κ1) is 10.4. The second-order valence-corrected chi connectivity index (χ2v) is 4.85. The number of hydrogen-bond acceptors (Lipinski definition) is 1. The molecule has 0 bridgehead atoms. The Labute approximate surface area is 102 Å². The first-order valence-electron chi connectivity index (χ1n) is 6.13. The van der Waals surface area contributed by atoms with Crippen LogP contribution >= 0.6 is 0 Å². The minimum atomic E-state index is 0.367. The number of phenols is 1. The molecule has 1 aliphatic carbocycles. The van der Waals surface area contributed by atoms with Crippen molar-refractivity contribution in [1.82, 2.24) is 0 Å². The highest BCUT2D eigenvalue weighted by Gasteiger charge is 2.25. The number of phenolic OH excluding ortho intramolecular Hbond substituents is 1. The van der Waals surface area contributed by atoms with Crippen molar-refractivity contribution in [3.05, 3.63) is 64.7 Å². The molecule has 0 aromatic heterocycles. The van der Waals surface area contributed by atoms with Gasteiger partial charge >= 0.3 is 0 Å². The first-order chi connectivity index (χ1) is 8.25. The Bertz CT molecular complexity index is 557. The summed E-state index contributed by atoms with van der Waals surface area (Å²) in [7, 11) is 0. The summed E-state index contributed by atoms with van der Waals surface area (Å²) in [6.07, 6.45) is 2.23. The molecular weight excluding hydrogens is 208 g/mol. The van der Waals surface area contributed by atoms with Crippen LogP contribution in [0.2, 0.25) is 0 Å². The third-order valence-corrected chi connectivity index (χ3v) is 3.69. The van der Waals surface area contributed by atoms with Gasteiger partial charge in [-0.25, -0.2) is 0 Å². The van der Waals surface area contributed by atoms with Gasteiger partial charge in [0.1, 0.15) is 5.75 Å². The van der Waals surface area contributed by atoms with Crippen molar-refractivity contribution in [3.8, 4) is 5.75 Å². The fourth-order valence-corrected chi connectivity index (χ4v) is 2.83. The predicted octanol–water partition coefficient (Wildman–Crippen LogP) is 3.78. The summed E-state index contributed by atoms with van der Waals surface area (Å²) in [6, 6.07) is 14.4. The molecule has 0 radical (unpaired) electrons. The molecule has 1 heteroatoms. The lowest BCUT2D eigenvalue weighted by atomic mass is 9.91. The highest BCUT2D eigenvalue weighted by atomic mass is 16.3. The Balaban J connectivity index is 2.10. The molecule has 3 rings (SSSR count). The molecule has 0 saturated carbocycles. The van der Waals surface area contributed by atoms with E-state index in [-0.39, 0.29) is 0 Å². The van der Waals surface area contributed by atoms with Gasteiger partial charge in [-0.05, 0) is 37.0 Å². The molecule has 86 valence electrons. The summed E-state index contributed by atoms with van der Waals surface area (Å²) < 4.78 is 0. The van der Waals surface area contributed by atoms with Crippen molar-refractivity contribution < 1.29 is 5.11 Å². The highest BCUT2D eigenvalue weighted by Crippen LogP contribution is 2.41. The topological polar surface area (TPSA) is 20.2 Å². The average Bonchev–Trinajstić information content (AvgIpc) is 2.72. The molecule has 0 fully saturated rings. The van der Waals surface area contributed by atoms with Crippen LogP contribution in [0.25, 0.3) is 0 Å². The quantitative estimate of drug-likeness (QED) is 0.781. The Morgan fingerprint density at radius 1 is 1.06 bits per heavy atom. The molecule has 0 amide bonds. The van der Waals surface area contributed by atoms with E-state index in [9.17, 15) is 5.11 Å². The summed E-state index contributed by atoms with van der Waals surface area (Å²) in [5.74, 6) is 0.790. The van der Waals surface area contributed by atoms with Crippen molar-refractivity contribution in [2.24, 2.45) is 0 Å². The van der Waals surface area contributed by atoms with Crippen LogP contribution in [-0.2, 0) is 6.42 Å². The summed E-state index contributed by atoms with van der Waals surface area (Å²) in [5.41, 5.74) is 5.19. The Morgan fingerprint density at radius 2 is 1.88 bits per heavy atom. The fraction of sp³-hybridized carbons (Fsp3) is 0.250. The smallest absolute Gasteiger partial charge is 0.119 e. The summed E-state index contributed by atoms with van der Waals surface area (Å²) >= 11 is 0. The number of fused-ring (bicyclic) bond motifs is 1. The molecule has 1 unspecified atom stereocenters. The Hall–Kier alpha value is -1.76. The van der Waals surface area contributed by atoms with E-state index in [1.807, 2.05) is 18.2 Å². The second kappa shape index (κ2) is 3.92. The number of hydrogen-bond donors (Lipinski definition) is 1. The van der Waals surface area contributed by atoms with Crippen molar-refractivity contribution in [2.75, 3.05) is 0 Å². The second-order valence-electron chi connectivity index (χ2n) is 4.85. The van der Waals surface area contributed by atoms with Gasteiger partial charge in [0, 0.05) is 11.5 Å². The molecule has 2 aromatic carbocycles. The minimum absolute atomic E-state index is 0.367. The van der Waals surface area contributed by atoms with Crippen molar-refractivity contribution in [3.63, 3.8) is 0 Å². The van der Waals surface area contributed by atoms with Crippen LogP contribution in [0, 0.1) is 6.92 Å². The van der Waals surface area contributed by atoms with Gasteiger partial charge in [0.25, 0.3) is 0 Å². The normalized spacial score (nSPS) is 18.1. The third kappa shape index (κ3) is 1.72. The lowest BCUT2D eigenvalue weighted by molar-refractivity contribution is 0.464. The molecule has 0 saturated heterocycles. The van der Waals surface area contributed by atoms with Crippen molar-refractivity contribution in [2.45, 2.75) is 25.7 Å². The van der Waals surface area contributed by atoms with Gasteiger partial charge in [-0.3, -0.25) is 0 Å². The molecule has 1 atom stereocenters. The van der Waals surface area contributed by atoms with Crippen LogP contribution in [0.4, 0.5) is 0 Å². The molecular formula is C16H16O. The summed E-state index contributed by atoms with van der Waals surface area (Å²) in [6.45, 7) is 2.13. The number of benzene rings is 2. The van der Waals surface area contributed by atoms with Crippen LogP contribution < -0.4 is 0 Å². The van der Waals surface area contributed by atoms with E-state index in [2.05, 4.69) is 25.1 Å². The van der Waals surface area contributed by atoms with Crippen LogP contribution in [0.5, 0.6) is 5.75 Å². The van der Waals surface area contributed by atoms with Gasteiger partial charge in [-0.2, -0.15) is 0 Å². The van der Waals surface area contributed by atoms with E-state index in [0.717, 1.165) is 18.4 Å². The number of aromatic hydroxyl groups is 1. The highest BCUT2D eigenvalue weighted by molar-refractivity contribution is 5.47. The first-order valence-corrected chi connectivity index (χ1v) is 6.13. The zero-order valence-electron chi connectivity index (χ0n) is 9.98. The summed E-state index contributed by atoms with van der Waals surface area (Å²) in [5, 5.41) is 9.97. The maximum absolute atomic E-state index is 9.97. The van der Waals surface area contributed by atoms with Crippen LogP contribution in [0.15, 0.2) is 42.5 Å². The van der Waals surface area contributed by atoms with E-state index in [0.29, 0.717) is 11.7 Å². The van der Waals surface area contributed by atoms with Gasteiger partial charge in [0.15, 0.2) is 0 Å². The van der Waals surface area contributed by atoms with Crippen LogP contribution in [0.3, 0.4) is 0 Å². The van der Waals surface area contributed by atoms with Gasteiger partial charge in [-0.1, -0.05) is 42.0 Å².